The van der Waals surface area contributed by atoms with Crippen molar-refractivity contribution in [1.82, 2.24) is 20.9 Å². The van der Waals surface area contributed by atoms with E-state index in [1.54, 1.807) is 71.3 Å². The van der Waals surface area contributed by atoms with Crippen molar-refractivity contribution in [1.29, 1.82) is 0 Å². The standard InChI is InChI=1S/C39H47Cl3N6O6/c1-5-36(51)48(28-10-11-31(41)32(42)19-28)27-12-14-47(15-13-27)39(54)34(18-25-6-8-26(40)9-7-25)46-35(50)21-44-37(52)24(4)45-38(53)33(43)20-30-22(2)16-29(49)17-23(30)3/h6-11,16-17,19,24,27,33-34,49H,5,12-15,18,20-21,43H2,1-4H3,(H,44,52)(H,45,53)(H,46,50)/t24-,33+,34+/m1/s1. The summed E-state index contributed by atoms with van der Waals surface area (Å²) in [4.78, 5) is 69.3. The minimum absolute atomic E-state index is 0.0796. The number of benzene rings is 3. The highest BCUT2D eigenvalue weighted by Gasteiger charge is 2.34. The molecule has 0 radical (unpaired) electrons. The minimum atomic E-state index is -1.01. The first-order chi connectivity index (χ1) is 25.6. The smallest absolute Gasteiger partial charge is 0.245 e. The van der Waals surface area contributed by atoms with E-state index in [9.17, 15) is 29.1 Å². The number of nitrogens with one attached hydrogen (secondary N) is 3. The fraction of sp³-hybridized carbons (Fsp3) is 0.410. The molecule has 1 aliphatic rings. The van der Waals surface area contributed by atoms with Crippen molar-refractivity contribution in [2.24, 2.45) is 5.73 Å². The molecule has 290 valence electrons. The van der Waals surface area contributed by atoms with Crippen molar-refractivity contribution in [2.75, 3.05) is 24.5 Å². The largest absolute Gasteiger partial charge is 0.508 e. The van der Waals surface area contributed by atoms with Gasteiger partial charge in [0, 0.05) is 42.7 Å². The zero-order chi connectivity index (χ0) is 39.7. The summed E-state index contributed by atoms with van der Waals surface area (Å²) in [5.41, 5.74) is 9.96. The van der Waals surface area contributed by atoms with Gasteiger partial charge in [-0.2, -0.15) is 0 Å². The van der Waals surface area contributed by atoms with Gasteiger partial charge in [0.1, 0.15) is 17.8 Å². The number of likely N-dealkylation sites (tertiary alicyclic amines) is 1. The van der Waals surface area contributed by atoms with Gasteiger partial charge in [-0.1, -0.05) is 53.9 Å². The summed E-state index contributed by atoms with van der Waals surface area (Å²) in [6.07, 6.45) is 1.65. The number of phenols is 1. The summed E-state index contributed by atoms with van der Waals surface area (Å²) in [6.45, 7) is 7.13. The highest BCUT2D eigenvalue weighted by atomic mass is 35.5. The van der Waals surface area contributed by atoms with Gasteiger partial charge < -0.3 is 36.6 Å². The van der Waals surface area contributed by atoms with E-state index >= 15 is 0 Å². The maximum atomic E-state index is 14.0. The molecule has 12 nitrogen and oxygen atoms in total. The number of aryl methyl sites for hydroxylation is 2. The number of piperidine rings is 1. The first-order valence-electron chi connectivity index (χ1n) is 17.8. The highest BCUT2D eigenvalue weighted by molar-refractivity contribution is 6.42. The molecule has 5 amide bonds. The lowest BCUT2D eigenvalue weighted by Crippen LogP contribution is -2.56. The Morgan fingerprint density at radius 3 is 2.11 bits per heavy atom. The van der Waals surface area contributed by atoms with E-state index in [1.165, 1.54) is 6.92 Å². The number of carbonyl (C=O) groups excluding carboxylic acids is 5. The predicted molar refractivity (Wildman–Crippen MR) is 211 cm³/mol. The number of anilines is 1. The summed E-state index contributed by atoms with van der Waals surface area (Å²) < 4.78 is 0. The number of aromatic hydroxyl groups is 1. The van der Waals surface area contributed by atoms with Gasteiger partial charge in [-0.15, -0.1) is 0 Å². The average molecular weight is 802 g/mol. The molecule has 3 aromatic rings. The van der Waals surface area contributed by atoms with Gasteiger partial charge in [0.05, 0.1) is 22.6 Å². The number of halogens is 3. The van der Waals surface area contributed by atoms with Gasteiger partial charge in [-0.05, 0) is 105 Å². The van der Waals surface area contributed by atoms with Crippen LogP contribution in [0.2, 0.25) is 15.1 Å². The van der Waals surface area contributed by atoms with E-state index in [2.05, 4.69) is 16.0 Å². The number of hydrogen-bond donors (Lipinski definition) is 5. The monoisotopic (exact) mass is 800 g/mol. The van der Waals surface area contributed by atoms with Crippen LogP contribution in [-0.2, 0) is 36.8 Å². The van der Waals surface area contributed by atoms with Crippen LogP contribution in [0, 0.1) is 13.8 Å². The van der Waals surface area contributed by atoms with Gasteiger partial charge in [0.25, 0.3) is 0 Å². The maximum Gasteiger partial charge on any atom is 0.245 e. The Kier molecular flexibility index (Phi) is 15.1. The average Bonchev–Trinajstić information content (AvgIpc) is 3.13. The summed E-state index contributed by atoms with van der Waals surface area (Å²) in [6, 6.07) is 12.1. The molecule has 15 heteroatoms. The molecule has 1 heterocycles. The Labute approximate surface area is 330 Å². The Morgan fingerprint density at radius 2 is 1.52 bits per heavy atom. The van der Waals surface area contributed by atoms with Crippen molar-refractivity contribution in [3.05, 3.63) is 91.9 Å². The van der Waals surface area contributed by atoms with E-state index in [4.69, 9.17) is 40.5 Å². The van der Waals surface area contributed by atoms with E-state index in [1.807, 2.05) is 13.8 Å². The van der Waals surface area contributed by atoms with E-state index < -0.39 is 42.4 Å². The second-order valence-corrected chi connectivity index (χ2v) is 14.8. The van der Waals surface area contributed by atoms with Crippen LogP contribution in [0.3, 0.4) is 0 Å². The molecule has 0 aromatic heterocycles. The summed E-state index contributed by atoms with van der Waals surface area (Å²) in [5.74, 6) is -2.03. The number of amides is 5. The lowest BCUT2D eigenvalue weighted by Gasteiger charge is -2.39. The normalized spacial score (nSPS) is 14.8. The molecule has 1 aliphatic heterocycles. The number of phenolic OH excluding ortho intramolecular Hbond substituents is 1. The molecule has 0 unspecified atom stereocenters. The molecule has 1 saturated heterocycles. The zero-order valence-electron chi connectivity index (χ0n) is 30.8. The number of carbonyl (C=O) groups is 5. The molecule has 1 fully saturated rings. The Hall–Kier alpha value is -4.36. The number of nitrogens with zero attached hydrogens (tertiary/aromatic N) is 2. The predicted octanol–water partition coefficient (Wildman–Crippen LogP) is 4.62. The number of hydrogen-bond acceptors (Lipinski definition) is 7. The number of nitrogens with two attached hydrogens (primary N) is 1. The Morgan fingerprint density at radius 1 is 0.889 bits per heavy atom. The topological polar surface area (TPSA) is 174 Å². The second-order valence-electron chi connectivity index (χ2n) is 13.5. The van der Waals surface area contributed by atoms with Crippen LogP contribution < -0.4 is 26.6 Å². The van der Waals surface area contributed by atoms with Gasteiger partial charge >= 0.3 is 0 Å². The van der Waals surface area contributed by atoms with E-state index in [-0.39, 0.29) is 42.9 Å². The molecule has 6 N–H and O–H groups in total. The highest BCUT2D eigenvalue weighted by Crippen LogP contribution is 2.31. The fourth-order valence-electron chi connectivity index (χ4n) is 6.54. The fourth-order valence-corrected chi connectivity index (χ4v) is 6.96. The molecule has 3 atom stereocenters. The van der Waals surface area contributed by atoms with Gasteiger partial charge in [0.2, 0.25) is 29.5 Å². The minimum Gasteiger partial charge on any atom is -0.508 e. The van der Waals surface area contributed by atoms with Crippen molar-refractivity contribution >= 4 is 70.0 Å². The van der Waals surface area contributed by atoms with E-state index in [0.29, 0.717) is 46.7 Å². The van der Waals surface area contributed by atoms with Gasteiger partial charge in [0.15, 0.2) is 0 Å². The number of rotatable bonds is 14. The molecule has 3 aromatic carbocycles. The van der Waals surface area contributed by atoms with Crippen LogP contribution >= 0.6 is 34.8 Å². The quantitative estimate of drug-likeness (QED) is 0.158. The summed E-state index contributed by atoms with van der Waals surface area (Å²) in [5, 5.41) is 18.9. The summed E-state index contributed by atoms with van der Waals surface area (Å²) in [7, 11) is 0. The SMILES string of the molecule is CCC(=O)N(c1ccc(Cl)c(Cl)c1)C1CCN(C(=O)[C@H](Cc2ccc(Cl)cc2)NC(=O)CNC(=O)[C@@H](C)NC(=O)[C@@H](N)Cc2c(C)cc(O)cc2C)CC1. The van der Waals surface area contributed by atoms with Crippen molar-refractivity contribution in [3.8, 4) is 5.75 Å². The zero-order valence-corrected chi connectivity index (χ0v) is 33.0. The third-order valence-electron chi connectivity index (χ3n) is 9.50. The molecular weight excluding hydrogens is 755 g/mol. The Bertz CT molecular complexity index is 1830. The maximum absolute atomic E-state index is 14.0. The van der Waals surface area contributed by atoms with Crippen LogP contribution in [0.1, 0.15) is 55.4 Å². The third-order valence-corrected chi connectivity index (χ3v) is 10.5. The van der Waals surface area contributed by atoms with Crippen LogP contribution in [0.5, 0.6) is 5.75 Å². The van der Waals surface area contributed by atoms with Crippen molar-refractivity contribution < 1.29 is 29.1 Å². The van der Waals surface area contributed by atoms with Crippen molar-refractivity contribution in [2.45, 2.75) is 84.0 Å². The molecule has 0 spiro atoms. The summed E-state index contributed by atoms with van der Waals surface area (Å²) >= 11 is 18.5. The molecule has 4 rings (SSSR count). The molecule has 0 aliphatic carbocycles. The first kappa shape index (κ1) is 42.4. The second kappa shape index (κ2) is 19.3. The Balaban J connectivity index is 1.36. The molecule has 0 bridgehead atoms. The van der Waals surface area contributed by atoms with Crippen LogP contribution in [0.15, 0.2) is 54.6 Å². The van der Waals surface area contributed by atoms with Gasteiger partial charge in [-0.3, -0.25) is 24.0 Å². The molecule has 0 saturated carbocycles. The van der Waals surface area contributed by atoms with Crippen LogP contribution in [0.25, 0.3) is 0 Å². The van der Waals surface area contributed by atoms with E-state index in [0.717, 1.165) is 22.3 Å². The molecule has 54 heavy (non-hydrogen) atoms. The van der Waals surface area contributed by atoms with Gasteiger partial charge in [-0.25, -0.2) is 0 Å². The van der Waals surface area contributed by atoms with Crippen LogP contribution in [0.4, 0.5) is 5.69 Å². The lowest BCUT2D eigenvalue weighted by molar-refractivity contribution is -0.137. The lowest BCUT2D eigenvalue weighted by atomic mass is 9.96. The van der Waals surface area contributed by atoms with Crippen LogP contribution in [-0.4, -0.2) is 83.3 Å². The first-order valence-corrected chi connectivity index (χ1v) is 18.9. The van der Waals surface area contributed by atoms with Crippen molar-refractivity contribution in [3.63, 3.8) is 0 Å². The third kappa shape index (κ3) is 11.3. The molecular formula is C39H47Cl3N6O6.